The van der Waals surface area contributed by atoms with Crippen molar-refractivity contribution in [2.45, 2.75) is 26.8 Å². The molecule has 1 atom stereocenters. The van der Waals surface area contributed by atoms with Gasteiger partial charge in [-0.15, -0.1) is 0 Å². The van der Waals surface area contributed by atoms with Gasteiger partial charge in [-0.1, -0.05) is 29.3 Å². The van der Waals surface area contributed by atoms with Crippen LogP contribution in [0.1, 0.15) is 35.6 Å². The van der Waals surface area contributed by atoms with Crippen LogP contribution in [0.15, 0.2) is 64.6 Å². The molecule has 164 valence electrons. The Labute approximate surface area is 190 Å². The minimum Gasteiger partial charge on any atom is -0.507 e. The maximum Gasteiger partial charge on any atom is 0.300 e. The molecule has 3 aromatic rings. The number of ether oxygens (including phenoxy) is 1. The zero-order valence-corrected chi connectivity index (χ0v) is 18.6. The largest absolute Gasteiger partial charge is 0.507 e. The quantitative estimate of drug-likeness (QED) is 0.311. The van der Waals surface area contributed by atoms with Crippen molar-refractivity contribution < 1.29 is 23.8 Å². The van der Waals surface area contributed by atoms with E-state index in [0.717, 1.165) is 5.56 Å². The molecule has 0 aliphatic carbocycles. The number of hydrogen-bond acceptors (Lipinski definition) is 5. The molecule has 1 aliphatic heterocycles. The van der Waals surface area contributed by atoms with Gasteiger partial charge in [-0.2, -0.15) is 0 Å². The molecule has 1 unspecified atom stereocenters. The lowest BCUT2D eigenvalue weighted by atomic mass is 9.99. The summed E-state index contributed by atoms with van der Waals surface area (Å²) >= 11 is 6.34. The Bertz CT molecular complexity index is 1230. The third kappa shape index (κ3) is 3.78. The third-order valence-electron chi connectivity index (χ3n) is 5.29. The minimum absolute atomic E-state index is 0.0968. The first kappa shape index (κ1) is 21.7. The van der Waals surface area contributed by atoms with Crippen LogP contribution in [0.4, 0.5) is 5.69 Å². The number of aryl methyl sites for hydroxylation is 2. The van der Waals surface area contributed by atoms with E-state index in [1.54, 1.807) is 49.4 Å². The number of ketones is 1. The number of furan rings is 1. The van der Waals surface area contributed by atoms with Crippen LogP contribution in [0.25, 0.3) is 5.76 Å². The van der Waals surface area contributed by atoms with Crippen molar-refractivity contribution in [2.75, 3.05) is 11.5 Å². The van der Waals surface area contributed by atoms with Crippen LogP contribution in [0, 0.1) is 13.8 Å². The van der Waals surface area contributed by atoms with Crippen LogP contribution < -0.4 is 9.64 Å². The summed E-state index contributed by atoms with van der Waals surface area (Å²) in [5.74, 6) is -0.501. The normalized spacial score (nSPS) is 17.8. The first-order valence-corrected chi connectivity index (χ1v) is 10.6. The Hall–Kier alpha value is -3.51. The lowest BCUT2D eigenvalue weighted by Gasteiger charge is -2.23. The molecule has 1 N–H and O–H groups in total. The van der Waals surface area contributed by atoms with E-state index in [9.17, 15) is 14.7 Å². The predicted octanol–water partition coefficient (Wildman–Crippen LogP) is 5.57. The Balaban J connectivity index is 1.93. The monoisotopic (exact) mass is 451 g/mol. The zero-order valence-electron chi connectivity index (χ0n) is 17.9. The summed E-state index contributed by atoms with van der Waals surface area (Å²) in [6.45, 7) is 5.95. The maximum atomic E-state index is 13.2. The summed E-state index contributed by atoms with van der Waals surface area (Å²) < 4.78 is 11.3. The molecular formula is C25H22ClNO5. The second-order valence-corrected chi connectivity index (χ2v) is 7.93. The fourth-order valence-corrected chi connectivity index (χ4v) is 3.97. The number of Topliss-reactive ketones (excluding diaryl/α,β-unsaturated/α-hetero) is 1. The molecule has 32 heavy (non-hydrogen) atoms. The highest BCUT2D eigenvalue weighted by Gasteiger charge is 2.48. The van der Waals surface area contributed by atoms with Crippen molar-refractivity contribution in [2.24, 2.45) is 0 Å². The second-order valence-electron chi connectivity index (χ2n) is 7.53. The van der Waals surface area contributed by atoms with E-state index in [-0.39, 0.29) is 21.9 Å². The van der Waals surface area contributed by atoms with Crippen LogP contribution >= 0.6 is 11.6 Å². The van der Waals surface area contributed by atoms with Gasteiger partial charge in [0.05, 0.1) is 17.2 Å². The molecule has 1 amide bonds. The van der Waals surface area contributed by atoms with Crippen LogP contribution in [0.2, 0.25) is 5.02 Å². The first-order chi connectivity index (χ1) is 15.3. The second kappa shape index (κ2) is 8.55. The van der Waals surface area contributed by atoms with Crippen LogP contribution in [0.3, 0.4) is 0 Å². The molecule has 1 aromatic heterocycles. The number of anilines is 1. The molecule has 1 aliphatic rings. The van der Waals surface area contributed by atoms with Gasteiger partial charge in [-0.3, -0.25) is 14.5 Å². The predicted molar refractivity (Wildman–Crippen MR) is 122 cm³/mol. The van der Waals surface area contributed by atoms with Gasteiger partial charge in [0.1, 0.15) is 29.1 Å². The van der Waals surface area contributed by atoms with Crippen molar-refractivity contribution >= 4 is 34.7 Å². The number of carbonyl (C=O) groups excluding carboxylic acids is 2. The highest BCUT2D eigenvalue weighted by atomic mass is 35.5. The SMILES string of the molecule is CCOc1ccc(Cl)c(/C(O)=C2\C(=O)C(=O)N(c3ccc(C)cc3)C2c2ccc(C)o2)c1. The molecule has 0 radical (unpaired) electrons. The number of nitrogens with zero attached hydrogens (tertiary/aromatic N) is 1. The van der Waals surface area contributed by atoms with Crippen molar-refractivity contribution in [1.82, 2.24) is 0 Å². The fraction of sp³-hybridized carbons (Fsp3) is 0.200. The summed E-state index contributed by atoms with van der Waals surface area (Å²) in [4.78, 5) is 27.6. The minimum atomic E-state index is -0.946. The molecule has 1 fully saturated rings. The van der Waals surface area contributed by atoms with Crippen LogP contribution in [-0.4, -0.2) is 23.4 Å². The Morgan fingerprint density at radius 3 is 2.44 bits per heavy atom. The van der Waals surface area contributed by atoms with Gasteiger partial charge in [-0.05, 0) is 63.2 Å². The van der Waals surface area contributed by atoms with Gasteiger partial charge < -0.3 is 14.3 Å². The summed E-state index contributed by atoms with van der Waals surface area (Å²) in [6, 6.07) is 14.5. The number of aliphatic hydroxyl groups excluding tert-OH is 1. The van der Waals surface area contributed by atoms with Crippen LogP contribution in [0.5, 0.6) is 5.75 Å². The number of halogens is 1. The van der Waals surface area contributed by atoms with Crippen LogP contribution in [-0.2, 0) is 9.59 Å². The molecule has 0 spiro atoms. The van der Waals surface area contributed by atoms with Crippen molar-refractivity contribution in [3.05, 3.63) is 87.8 Å². The zero-order chi connectivity index (χ0) is 23.0. The standard InChI is InChI=1S/C25H22ClNO5/c1-4-31-17-10-11-19(26)18(13-17)23(28)21-22(20-12-7-15(3)32-20)27(25(30)24(21)29)16-8-5-14(2)6-9-16/h5-13,22,28H,4H2,1-3H3/b23-21+. The number of aliphatic hydroxyl groups is 1. The van der Waals surface area contributed by atoms with E-state index in [4.69, 9.17) is 20.8 Å². The van der Waals surface area contributed by atoms with Gasteiger partial charge in [-0.25, -0.2) is 0 Å². The van der Waals surface area contributed by atoms with E-state index in [2.05, 4.69) is 0 Å². The van der Waals surface area contributed by atoms with E-state index in [1.807, 2.05) is 26.0 Å². The summed E-state index contributed by atoms with van der Waals surface area (Å²) in [5, 5.41) is 11.5. The molecule has 6 nitrogen and oxygen atoms in total. The van der Waals surface area contributed by atoms with Gasteiger partial charge in [0.2, 0.25) is 0 Å². The molecule has 4 rings (SSSR count). The molecular weight excluding hydrogens is 430 g/mol. The average Bonchev–Trinajstić information content (AvgIpc) is 3.31. The number of rotatable bonds is 5. The van der Waals surface area contributed by atoms with Gasteiger partial charge in [0.15, 0.2) is 0 Å². The smallest absolute Gasteiger partial charge is 0.300 e. The summed E-state index contributed by atoms with van der Waals surface area (Å²) in [7, 11) is 0. The number of hydrogen-bond donors (Lipinski definition) is 1. The number of carbonyl (C=O) groups is 2. The first-order valence-electron chi connectivity index (χ1n) is 10.2. The highest BCUT2D eigenvalue weighted by molar-refractivity contribution is 6.51. The highest BCUT2D eigenvalue weighted by Crippen LogP contribution is 2.43. The molecule has 2 heterocycles. The molecule has 1 saturated heterocycles. The molecule has 7 heteroatoms. The van der Waals surface area contributed by atoms with E-state index < -0.39 is 17.7 Å². The Morgan fingerprint density at radius 2 is 1.81 bits per heavy atom. The van der Waals surface area contributed by atoms with Crippen molar-refractivity contribution in [3.63, 3.8) is 0 Å². The topological polar surface area (TPSA) is 80.0 Å². The van der Waals surface area contributed by atoms with Gasteiger partial charge in [0.25, 0.3) is 11.7 Å². The lowest BCUT2D eigenvalue weighted by molar-refractivity contribution is -0.132. The Kier molecular flexibility index (Phi) is 5.80. The maximum absolute atomic E-state index is 13.2. The number of benzene rings is 2. The summed E-state index contributed by atoms with van der Waals surface area (Å²) in [6.07, 6.45) is 0. The molecule has 0 bridgehead atoms. The molecule has 2 aromatic carbocycles. The van der Waals surface area contributed by atoms with Crippen molar-refractivity contribution in [3.8, 4) is 5.75 Å². The third-order valence-corrected chi connectivity index (χ3v) is 5.62. The summed E-state index contributed by atoms with van der Waals surface area (Å²) in [5.41, 5.74) is 1.63. The van der Waals surface area contributed by atoms with E-state index in [0.29, 0.717) is 29.6 Å². The van der Waals surface area contributed by atoms with Gasteiger partial charge >= 0.3 is 0 Å². The number of amides is 1. The molecule has 0 saturated carbocycles. The Morgan fingerprint density at radius 1 is 1.09 bits per heavy atom. The lowest BCUT2D eigenvalue weighted by Crippen LogP contribution is -2.29. The van der Waals surface area contributed by atoms with E-state index >= 15 is 0 Å². The van der Waals surface area contributed by atoms with Crippen molar-refractivity contribution in [1.29, 1.82) is 0 Å². The van der Waals surface area contributed by atoms with Gasteiger partial charge in [0, 0.05) is 11.3 Å². The average molecular weight is 452 g/mol. The fourth-order valence-electron chi connectivity index (χ4n) is 3.76. The van der Waals surface area contributed by atoms with E-state index in [1.165, 1.54) is 4.90 Å².